The number of hydrogen-bond donors (Lipinski definition) is 0. The van der Waals surface area contributed by atoms with E-state index in [1.54, 1.807) is 0 Å². The summed E-state index contributed by atoms with van der Waals surface area (Å²) < 4.78 is 10.2. The fourth-order valence-electron chi connectivity index (χ4n) is 1.01. The molecule has 0 aromatic carbocycles. The average Bonchev–Trinajstić information content (AvgIpc) is 2.41. The molecule has 0 amide bonds. The van der Waals surface area contributed by atoms with Crippen LogP contribution in [0.15, 0.2) is 0 Å². The Kier molecular flexibility index (Phi) is 3.20. The van der Waals surface area contributed by atoms with E-state index in [1.807, 2.05) is 6.07 Å². The molecule has 3 heteroatoms. The predicted octanol–water partition coefficient (Wildman–Crippen LogP) is 0.706. The van der Waals surface area contributed by atoms with Crippen molar-refractivity contribution < 1.29 is 9.47 Å². The number of nitrogens with zero attached hydrogens (tertiary/aromatic N) is 1. The maximum atomic E-state index is 8.12. The molecule has 0 aromatic rings. The maximum absolute atomic E-state index is 8.12. The van der Waals surface area contributed by atoms with Crippen LogP contribution in [0.1, 0.15) is 12.8 Å². The standard InChI is InChI=1S/C7H11NO2/c8-3-5-9-6-7-2-1-4-10-7/h7H,1-2,4-6H2. The summed E-state index contributed by atoms with van der Waals surface area (Å²) in [6.45, 7) is 1.61. The highest BCUT2D eigenvalue weighted by molar-refractivity contribution is 4.69. The predicted molar refractivity (Wildman–Crippen MR) is 35.4 cm³/mol. The molecule has 1 atom stereocenters. The van der Waals surface area contributed by atoms with Gasteiger partial charge in [-0.15, -0.1) is 0 Å². The van der Waals surface area contributed by atoms with Crippen LogP contribution in [0, 0.1) is 11.3 Å². The summed E-state index contributed by atoms with van der Waals surface area (Å²) in [6.07, 6.45) is 2.44. The van der Waals surface area contributed by atoms with E-state index >= 15 is 0 Å². The van der Waals surface area contributed by atoms with Gasteiger partial charge in [0.25, 0.3) is 0 Å². The van der Waals surface area contributed by atoms with Gasteiger partial charge in [0, 0.05) is 6.61 Å². The Morgan fingerprint density at radius 2 is 2.60 bits per heavy atom. The van der Waals surface area contributed by atoms with Gasteiger partial charge in [0.2, 0.25) is 0 Å². The molecule has 0 aliphatic carbocycles. The van der Waals surface area contributed by atoms with Gasteiger partial charge >= 0.3 is 0 Å². The molecule has 1 heterocycles. The molecule has 0 N–H and O–H groups in total. The van der Waals surface area contributed by atoms with Crippen molar-refractivity contribution in [3.05, 3.63) is 0 Å². The van der Waals surface area contributed by atoms with Crippen molar-refractivity contribution in [1.82, 2.24) is 0 Å². The second-order valence-electron chi connectivity index (χ2n) is 2.31. The number of ether oxygens (including phenoxy) is 2. The van der Waals surface area contributed by atoms with E-state index in [9.17, 15) is 0 Å². The van der Waals surface area contributed by atoms with E-state index in [4.69, 9.17) is 14.7 Å². The number of nitriles is 1. The monoisotopic (exact) mass is 141 g/mol. The molecule has 1 aliphatic rings. The molecule has 1 fully saturated rings. The molecule has 1 saturated heterocycles. The molecule has 0 aromatic heterocycles. The fourth-order valence-corrected chi connectivity index (χ4v) is 1.01. The molecule has 10 heavy (non-hydrogen) atoms. The van der Waals surface area contributed by atoms with Crippen LogP contribution in [0.2, 0.25) is 0 Å². The van der Waals surface area contributed by atoms with E-state index in [0.29, 0.717) is 6.61 Å². The molecular formula is C7H11NO2. The Morgan fingerprint density at radius 3 is 3.20 bits per heavy atom. The minimum atomic E-state index is 0.180. The Bertz CT molecular complexity index is 124. The fraction of sp³-hybridized carbons (Fsp3) is 0.857. The quantitative estimate of drug-likeness (QED) is 0.543. The Hall–Kier alpha value is -0.590. The first-order chi connectivity index (χ1) is 4.93. The van der Waals surface area contributed by atoms with Crippen LogP contribution >= 0.6 is 0 Å². The zero-order valence-electron chi connectivity index (χ0n) is 5.88. The molecule has 1 aliphatic heterocycles. The van der Waals surface area contributed by atoms with Crippen molar-refractivity contribution in [2.45, 2.75) is 18.9 Å². The smallest absolute Gasteiger partial charge is 0.133 e. The van der Waals surface area contributed by atoms with Crippen LogP contribution in [0.4, 0.5) is 0 Å². The van der Waals surface area contributed by atoms with Crippen LogP contribution in [0.25, 0.3) is 0 Å². The molecule has 0 spiro atoms. The van der Waals surface area contributed by atoms with Crippen molar-refractivity contribution in [3.8, 4) is 6.07 Å². The van der Waals surface area contributed by atoms with E-state index in [2.05, 4.69) is 0 Å². The SMILES string of the molecule is N#CCOCC1CCCO1. The summed E-state index contributed by atoms with van der Waals surface area (Å²) in [5, 5.41) is 8.12. The van der Waals surface area contributed by atoms with Crippen molar-refractivity contribution in [3.63, 3.8) is 0 Å². The van der Waals surface area contributed by atoms with Gasteiger partial charge in [0.1, 0.15) is 6.61 Å². The topological polar surface area (TPSA) is 42.2 Å². The lowest BCUT2D eigenvalue weighted by Crippen LogP contribution is -2.13. The summed E-state index contributed by atoms with van der Waals surface area (Å²) in [5.41, 5.74) is 0. The van der Waals surface area contributed by atoms with E-state index in [-0.39, 0.29) is 12.7 Å². The minimum absolute atomic E-state index is 0.180. The van der Waals surface area contributed by atoms with Crippen molar-refractivity contribution in [1.29, 1.82) is 5.26 Å². The lowest BCUT2D eigenvalue weighted by molar-refractivity contribution is 0.0279. The second kappa shape index (κ2) is 4.26. The number of rotatable bonds is 3. The Labute approximate surface area is 60.5 Å². The second-order valence-corrected chi connectivity index (χ2v) is 2.31. The number of hydrogen-bond acceptors (Lipinski definition) is 3. The summed E-state index contributed by atoms with van der Waals surface area (Å²) in [7, 11) is 0. The third-order valence-corrected chi connectivity index (χ3v) is 1.49. The first-order valence-electron chi connectivity index (χ1n) is 3.50. The van der Waals surface area contributed by atoms with Crippen LogP contribution in [-0.2, 0) is 9.47 Å². The minimum Gasteiger partial charge on any atom is -0.376 e. The van der Waals surface area contributed by atoms with Crippen LogP contribution in [0.5, 0.6) is 0 Å². The van der Waals surface area contributed by atoms with Crippen molar-refractivity contribution in [2.75, 3.05) is 19.8 Å². The summed E-state index contributed by atoms with van der Waals surface area (Å²) >= 11 is 0. The lowest BCUT2D eigenvalue weighted by atomic mass is 10.2. The molecule has 56 valence electrons. The average molecular weight is 141 g/mol. The van der Waals surface area contributed by atoms with Gasteiger partial charge in [-0.3, -0.25) is 0 Å². The van der Waals surface area contributed by atoms with Crippen LogP contribution in [-0.4, -0.2) is 25.9 Å². The van der Waals surface area contributed by atoms with Crippen molar-refractivity contribution >= 4 is 0 Å². The first kappa shape index (κ1) is 7.52. The summed E-state index contributed by atoms with van der Waals surface area (Å²) in [5.74, 6) is 0. The molecule has 1 rings (SSSR count). The van der Waals surface area contributed by atoms with Gasteiger partial charge in [-0.25, -0.2) is 0 Å². The molecular weight excluding hydrogens is 130 g/mol. The molecule has 0 bridgehead atoms. The van der Waals surface area contributed by atoms with E-state index in [1.165, 1.54) is 0 Å². The first-order valence-corrected chi connectivity index (χ1v) is 3.50. The molecule has 1 unspecified atom stereocenters. The molecule has 0 radical (unpaired) electrons. The van der Waals surface area contributed by atoms with E-state index < -0.39 is 0 Å². The third kappa shape index (κ3) is 2.34. The third-order valence-electron chi connectivity index (χ3n) is 1.49. The van der Waals surface area contributed by atoms with Crippen LogP contribution < -0.4 is 0 Å². The zero-order valence-corrected chi connectivity index (χ0v) is 5.88. The zero-order chi connectivity index (χ0) is 7.23. The van der Waals surface area contributed by atoms with Gasteiger partial charge in [-0.2, -0.15) is 5.26 Å². The van der Waals surface area contributed by atoms with E-state index in [0.717, 1.165) is 19.4 Å². The highest BCUT2D eigenvalue weighted by Crippen LogP contribution is 2.11. The van der Waals surface area contributed by atoms with Gasteiger partial charge in [0.05, 0.1) is 18.8 Å². The summed E-state index contributed by atoms with van der Waals surface area (Å²) in [4.78, 5) is 0. The Balaban J connectivity index is 1.97. The van der Waals surface area contributed by atoms with Gasteiger partial charge in [-0.05, 0) is 12.8 Å². The van der Waals surface area contributed by atoms with Gasteiger partial charge in [0.15, 0.2) is 0 Å². The summed E-state index contributed by atoms with van der Waals surface area (Å²) in [6, 6.07) is 1.91. The Morgan fingerprint density at radius 1 is 1.70 bits per heavy atom. The van der Waals surface area contributed by atoms with Crippen LogP contribution in [0.3, 0.4) is 0 Å². The normalized spacial score (nSPS) is 24.5. The maximum Gasteiger partial charge on any atom is 0.133 e. The molecule has 3 nitrogen and oxygen atoms in total. The van der Waals surface area contributed by atoms with Gasteiger partial charge < -0.3 is 9.47 Å². The van der Waals surface area contributed by atoms with Gasteiger partial charge in [-0.1, -0.05) is 0 Å². The largest absolute Gasteiger partial charge is 0.376 e. The lowest BCUT2D eigenvalue weighted by Gasteiger charge is -2.06. The molecule has 0 saturated carbocycles. The van der Waals surface area contributed by atoms with Crippen molar-refractivity contribution in [2.24, 2.45) is 0 Å². The highest BCUT2D eigenvalue weighted by atomic mass is 16.5. The highest BCUT2D eigenvalue weighted by Gasteiger charge is 2.14.